The molecule has 0 spiro atoms. The van der Waals surface area contributed by atoms with Crippen LogP contribution in [0.1, 0.15) is 0 Å². The SMILES string of the molecule is c1ccc(-c2nc(-c3ccccc3)nc(-c3cccc(-c4ccc5c(c4)-n4c6c(cccc6c6c7ccccc7n(-c7ccccc7)c64)S5)c3)n2)cc1. The standard InChI is InChI=1S/C47H29N5S/c1-4-14-30(15-5-1)44-48-45(31-16-6-2-7-17-31)50-46(49-44)34-19-12-18-32(28-34)33-26-27-40-39(29-33)52-43-37(23-13-25-41(43)53-40)42-36-22-10-11-24-38(36)51(47(42)52)35-20-8-3-9-21-35/h1-29H. The Labute approximate surface area is 309 Å². The van der Waals surface area contributed by atoms with E-state index in [4.69, 9.17) is 15.0 Å². The highest BCUT2D eigenvalue weighted by atomic mass is 32.2. The molecule has 0 aliphatic carbocycles. The Kier molecular flexibility index (Phi) is 6.72. The molecule has 0 radical (unpaired) electrons. The third-order valence-electron chi connectivity index (χ3n) is 10.1. The van der Waals surface area contributed by atoms with Crippen LogP contribution in [0.2, 0.25) is 0 Å². The molecule has 0 N–H and O–H groups in total. The number of para-hydroxylation sites is 3. The van der Waals surface area contributed by atoms with Gasteiger partial charge in [0.25, 0.3) is 0 Å². The highest BCUT2D eigenvalue weighted by Gasteiger charge is 2.28. The number of fused-ring (bicyclic) bond motifs is 7. The van der Waals surface area contributed by atoms with Gasteiger partial charge in [-0.25, -0.2) is 15.0 Å². The predicted molar refractivity (Wildman–Crippen MR) is 217 cm³/mol. The van der Waals surface area contributed by atoms with Crippen LogP contribution in [0.15, 0.2) is 186 Å². The maximum atomic E-state index is 5.01. The Morgan fingerprint density at radius 3 is 1.70 bits per heavy atom. The van der Waals surface area contributed by atoms with Crippen LogP contribution >= 0.6 is 11.8 Å². The molecule has 248 valence electrons. The Bertz CT molecular complexity index is 2960. The van der Waals surface area contributed by atoms with E-state index in [0.29, 0.717) is 17.5 Å². The fraction of sp³-hybridized carbons (Fsp3) is 0. The van der Waals surface area contributed by atoms with Gasteiger partial charge in [0.1, 0.15) is 5.65 Å². The van der Waals surface area contributed by atoms with Gasteiger partial charge in [0, 0.05) is 48.3 Å². The summed E-state index contributed by atoms with van der Waals surface area (Å²) in [5, 5.41) is 3.80. The van der Waals surface area contributed by atoms with Gasteiger partial charge in [-0.2, -0.15) is 0 Å². The topological polar surface area (TPSA) is 48.5 Å². The minimum absolute atomic E-state index is 0.642. The Balaban J connectivity index is 1.11. The Hall–Kier alpha value is -6.76. The minimum Gasteiger partial charge on any atom is -0.295 e. The van der Waals surface area contributed by atoms with Gasteiger partial charge in [-0.15, -0.1) is 0 Å². The van der Waals surface area contributed by atoms with Crippen LogP contribution in [-0.4, -0.2) is 24.1 Å². The molecule has 0 saturated carbocycles. The van der Waals surface area contributed by atoms with E-state index in [9.17, 15) is 0 Å². The monoisotopic (exact) mass is 695 g/mol. The van der Waals surface area contributed by atoms with Crippen molar-refractivity contribution in [1.82, 2.24) is 24.1 Å². The second kappa shape index (κ2) is 11.9. The molecule has 0 amide bonds. The molecule has 0 saturated heterocycles. The molecular weight excluding hydrogens is 667 g/mol. The smallest absolute Gasteiger partial charge is 0.164 e. The van der Waals surface area contributed by atoms with E-state index in [0.717, 1.165) is 33.5 Å². The van der Waals surface area contributed by atoms with Crippen molar-refractivity contribution in [2.75, 3.05) is 0 Å². The lowest BCUT2D eigenvalue weighted by Gasteiger charge is -2.22. The fourth-order valence-corrected chi connectivity index (χ4v) is 8.84. The van der Waals surface area contributed by atoms with Gasteiger partial charge in [0.05, 0.1) is 16.7 Å². The van der Waals surface area contributed by atoms with Gasteiger partial charge in [-0.05, 0) is 53.6 Å². The van der Waals surface area contributed by atoms with Gasteiger partial charge in [-0.3, -0.25) is 9.13 Å². The predicted octanol–water partition coefficient (Wildman–Crippen LogP) is 12.0. The largest absolute Gasteiger partial charge is 0.295 e. The molecule has 0 bridgehead atoms. The number of rotatable bonds is 5. The third kappa shape index (κ3) is 4.76. The minimum atomic E-state index is 0.642. The summed E-state index contributed by atoms with van der Waals surface area (Å²) in [5.41, 5.74) is 11.0. The van der Waals surface area contributed by atoms with Gasteiger partial charge < -0.3 is 0 Å². The van der Waals surface area contributed by atoms with Crippen LogP contribution in [0.5, 0.6) is 0 Å². The summed E-state index contributed by atoms with van der Waals surface area (Å²) in [6.45, 7) is 0. The highest BCUT2D eigenvalue weighted by Crippen LogP contribution is 2.50. The van der Waals surface area contributed by atoms with E-state index in [1.807, 2.05) is 72.4 Å². The van der Waals surface area contributed by atoms with Crippen molar-refractivity contribution in [3.05, 3.63) is 176 Å². The lowest BCUT2D eigenvalue weighted by Crippen LogP contribution is -2.06. The van der Waals surface area contributed by atoms with Gasteiger partial charge in [0.15, 0.2) is 17.5 Å². The summed E-state index contributed by atoms with van der Waals surface area (Å²) < 4.78 is 4.92. The van der Waals surface area contributed by atoms with E-state index in [1.54, 1.807) is 0 Å². The molecule has 0 atom stereocenters. The Morgan fingerprint density at radius 1 is 0.396 bits per heavy atom. The molecule has 0 fully saturated rings. The maximum absolute atomic E-state index is 5.01. The summed E-state index contributed by atoms with van der Waals surface area (Å²) in [4.78, 5) is 17.4. The first-order valence-corrected chi connectivity index (χ1v) is 18.5. The highest BCUT2D eigenvalue weighted by molar-refractivity contribution is 7.99. The molecule has 7 aromatic carbocycles. The first-order chi connectivity index (χ1) is 26.3. The van der Waals surface area contributed by atoms with Crippen LogP contribution in [0.4, 0.5) is 0 Å². The van der Waals surface area contributed by atoms with Crippen LogP contribution in [0.25, 0.3) is 89.5 Å². The summed E-state index contributed by atoms with van der Waals surface area (Å²) in [5.74, 6) is 1.95. The zero-order valence-electron chi connectivity index (χ0n) is 28.4. The molecule has 1 aliphatic rings. The zero-order chi connectivity index (χ0) is 34.9. The average molecular weight is 696 g/mol. The van der Waals surface area contributed by atoms with Crippen LogP contribution in [0, 0.1) is 0 Å². The molecule has 0 unspecified atom stereocenters. The third-order valence-corrected chi connectivity index (χ3v) is 11.3. The van der Waals surface area contributed by atoms with Crippen molar-refractivity contribution in [3.8, 4) is 56.7 Å². The van der Waals surface area contributed by atoms with Gasteiger partial charge in [-0.1, -0.05) is 145 Å². The number of aromatic nitrogens is 5. The quantitative estimate of drug-likeness (QED) is 0.180. The van der Waals surface area contributed by atoms with E-state index in [1.165, 1.54) is 48.3 Å². The molecule has 4 heterocycles. The fourth-order valence-electron chi connectivity index (χ4n) is 7.77. The molecule has 1 aliphatic heterocycles. The number of hydrogen-bond donors (Lipinski definition) is 0. The van der Waals surface area contributed by atoms with E-state index in [-0.39, 0.29) is 0 Å². The summed E-state index contributed by atoms with van der Waals surface area (Å²) >= 11 is 1.85. The van der Waals surface area contributed by atoms with E-state index < -0.39 is 0 Å². The molecule has 3 aromatic heterocycles. The van der Waals surface area contributed by atoms with Crippen LogP contribution in [0.3, 0.4) is 0 Å². The average Bonchev–Trinajstić information content (AvgIpc) is 3.76. The van der Waals surface area contributed by atoms with Crippen molar-refractivity contribution in [2.24, 2.45) is 0 Å². The summed E-state index contributed by atoms with van der Waals surface area (Å²) in [6, 6.07) is 61.9. The first-order valence-electron chi connectivity index (χ1n) is 17.7. The van der Waals surface area contributed by atoms with Gasteiger partial charge in [0.2, 0.25) is 0 Å². The zero-order valence-corrected chi connectivity index (χ0v) is 29.2. The molecule has 10 aromatic rings. The van der Waals surface area contributed by atoms with Crippen molar-refractivity contribution >= 4 is 44.6 Å². The summed E-state index contributed by atoms with van der Waals surface area (Å²) in [6.07, 6.45) is 0. The molecule has 11 rings (SSSR count). The number of benzene rings is 7. The molecule has 53 heavy (non-hydrogen) atoms. The van der Waals surface area contributed by atoms with Crippen molar-refractivity contribution in [3.63, 3.8) is 0 Å². The van der Waals surface area contributed by atoms with E-state index in [2.05, 4.69) is 124 Å². The number of hydrogen-bond acceptors (Lipinski definition) is 4. The van der Waals surface area contributed by atoms with Gasteiger partial charge >= 0.3 is 0 Å². The molecule has 6 heteroatoms. The van der Waals surface area contributed by atoms with E-state index >= 15 is 0 Å². The normalized spacial score (nSPS) is 12.1. The van der Waals surface area contributed by atoms with Crippen LogP contribution in [-0.2, 0) is 0 Å². The number of nitrogens with zero attached hydrogens (tertiary/aromatic N) is 5. The van der Waals surface area contributed by atoms with Crippen LogP contribution < -0.4 is 0 Å². The molecule has 5 nitrogen and oxygen atoms in total. The maximum Gasteiger partial charge on any atom is 0.164 e. The van der Waals surface area contributed by atoms with Crippen molar-refractivity contribution < 1.29 is 0 Å². The molecular formula is C47H29N5S. The summed E-state index contributed by atoms with van der Waals surface area (Å²) in [7, 11) is 0. The van der Waals surface area contributed by atoms with Crippen molar-refractivity contribution in [2.45, 2.75) is 9.79 Å². The van der Waals surface area contributed by atoms with Crippen molar-refractivity contribution in [1.29, 1.82) is 0 Å². The first kappa shape index (κ1) is 29.9. The Morgan fingerprint density at radius 2 is 0.962 bits per heavy atom. The lowest BCUT2D eigenvalue weighted by atomic mass is 10.0. The second-order valence-corrected chi connectivity index (χ2v) is 14.4. The second-order valence-electron chi connectivity index (χ2n) is 13.3. The lowest BCUT2D eigenvalue weighted by molar-refractivity contribution is 1.03.